The molecule has 1 amide bonds. The van der Waals surface area contributed by atoms with E-state index in [1.54, 1.807) is 4.68 Å². The maximum Gasteiger partial charge on any atom is 0.320 e. The van der Waals surface area contributed by atoms with E-state index >= 15 is 0 Å². The molecule has 5 rings (SSSR count). The second-order valence-electron chi connectivity index (χ2n) is 8.81. The molecule has 4 fully saturated rings. The lowest BCUT2D eigenvalue weighted by Gasteiger charge is -2.56. The summed E-state index contributed by atoms with van der Waals surface area (Å²) < 4.78 is 1.79. The summed E-state index contributed by atoms with van der Waals surface area (Å²) in [4.78, 5) is 23.4. The molecule has 0 spiro atoms. The van der Waals surface area contributed by atoms with Crippen molar-refractivity contribution in [3.8, 4) is 0 Å². The molecule has 1 N–H and O–H groups in total. The van der Waals surface area contributed by atoms with Crippen molar-refractivity contribution in [2.24, 2.45) is 23.7 Å². The zero-order valence-electron chi connectivity index (χ0n) is 14.9. The lowest BCUT2D eigenvalue weighted by molar-refractivity contribution is -0.385. The molecule has 0 radical (unpaired) electrons. The fourth-order valence-electron chi connectivity index (χ4n) is 5.63. The molecule has 4 aliphatic carbocycles. The average molecular weight is 346 g/mol. The van der Waals surface area contributed by atoms with Crippen molar-refractivity contribution in [3.63, 3.8) is 0 Å². The van der Waals surface area contributed by atoms with Gasteiger partial charge in [-0.15, -0.1) is 0 Å². The molecule has 25 heavy (non-hydrogen) atoms. The minimum absolute atomic E-state index is 0.0404. The van der Waals surface area contributed by atoms with Crippen LogP contribution in [0.2, 0.25) is 0 Å². The number of hydrogen-bond acceptors (Lipinski definition) is 4. The SMILES string of the molecule is CC(C)CNC(=O)c1nn(C23CC4CC(CC(C4)C2)C3)cc1[N+](=O)[O-]. The predicted octanol–water partition coefficient (Wildman–Crippen LogP) is 3.10. The van der Waals surface area contributed by atoms with Crippen LogP contribution in [0.25, 0.3) is 0 Å². The Morgan fingerprint density at radius 2 is 1.88 bits per heavy atom. The third-order valence-corrected chi connectivity index (χ3v) is 6.27. The Hall–Kier alpha value is -1.92. The van der Waals surface area contributed by atoms with Crippen molar-refractivity contribution in [2.75, 3.05) is 6.54 Å². The van der Waals surface area contributed by atoms with E-state index in [1.165, 1.54) is 25.5 Å². The van der Waals surface area contributed by atoms with Crippen molar-refractivity contribution < 1.29 is 9.72 Å². The number of amides is 1. The average Bonchev–Trinajstić information content (AvgIpc) is 2.97. The Morgan fingerprint density at radius 3 is 2.36 bits per heavy atom. The number of aromatic nitrogens is 2. The molecule has 0 saturated heterocycles. The molecule has 1 heterocycles. The lowest BCUT2D eigenvalue weighted by Crippen LogP contribution is -2.52. The molecule has 0 atom stereocenters. The molecule has 4 bridgehead atoms. The first-order valence-electron chi connectivity index (χ1n) is 9.39. The number of carbonyl (C=O) groups is 1. The molecule has 7 heteroatoms. The summed E-state index contributed by atoms with van der Waals surface area (Å²) in [6, 6.07) is 0. The molecule has 0 unspecified atom stereocenters. The van der Waals surface area contributed by atoms with Crippen LogP contribution >= 0.6 is 0 Å². The van der Waals surface area contributed by atoms with Gasteiger partial charge in [-0.25, -0.2) is 0 Å². The molecule has 4 aliphatic rings. The highest BCUT2D eigenvalue weighted by atomic mass is 16.6. The van der Waals surface area contributed by atoms with E-state index in [4.69, 9.17) is 0 Å². The summed E-state index contributed by atoms with van der Waals surface area (Å²) in [6.07, 6.45) is 8.54. The normalized spacial score (nSPS) is 33.0. The summed E-state index contributed by atoms with van der Waals surface area (Å²) in [7, 11) is 0. The van der Waals surface area contributed by atoms with E-state index in [2.05, 4.69) is 10.4 Å². The zero-order chi connectivity index (χ0) is 17.8. The van der Waals surface area contributed by atoms with E-state index in [-0.39, 0.29) is 22.8 Å². The Morgan fingerprint density at radius 1 is 1.32 bits per heavy atom. The first-order chi connectivity index (χ1) is 11.9. The van der Waals surface area contributed by atoms with Crippen LogP contribution in [0.1, 0.15) is 62.9 Å². The molecule has 4 saturated carbocycles. The van der Waals surface area contributed by atoms with Crippen molar-refractivity contribution >= 4 is 11.6 Å². The highest BCUT2D eigenvalue weighted by Crippen LogP contribution is 2.58. The number of nitrogens with one attached hydrogen (secondary N) is 1. The Balaban J connectivity index is 1.66. The molecule has 1 aromatic rings. The van der Waals surface area contributed by atoms with Gasteiger partial charge in [-0.2, -0.15) is 5.10 Å². The van der Waals surface area contributed by atoms with Gasteiger partial charge in [-0.05, 0) is 62.2 Å². The molecule has 1 aromatic heterocycles. The van der Waals surface area contributed by atoms with Crippen LogP contribution in [-0.2, 0) is 5.54 Å². The van der Waals surface area contributed by atoms with Gasteiger partial charge in [0.1, 0.15) is 6.20 Å². The predicted molar refractivity (Wildman–Crippen MR) is 92.2 cm³/mol. The first-order valence-corrected chi connectivity index (χ1v) is 9.39. The van der Waals surface area contributed by atoms with E-state index in [0.717, 1.165) is 19.3 Å². The van der Waals surface area contributed by atoms with E-state index < -0.39 is 10.8 Å². The summed E-state index contributed by atoms with van der Waals surface area (Å²) in [5, 5.41) is 18.7. The van der Waals surface area contributed by atoms with Crippen molar-refractivity contribution in [2.45, 2.75) is 57.9 Å². The highest BCUT2D eigenvalue weighted by Gasteiger charge is 2.53. The largest absolute Gasteiger partial charge is 0.350 e. The van der Waals surface area contributed by atoms with Crippen molar-refractivity contribution in [3.05, 3.63) is 22.0 Å². The van der Waals surface area contributed by atoms with E-state index in [0.29, 0.717) is 24.3 Å². The molecule has 0 aliphatic heterocycles. The van der Waals surface area contributed by atoms with E-state index in [1.807, 2.05) is 13.8 Å². The summed E-state index contributed by atoms with van der Waals surface area (Å²) in [6.45, 7) is 4.46. The minimum Gasteiger partial charge on any atom is -0.350 e. The van der Waals surface area contributed by atoms with Crippen molar-refractivity contribution in [1.29, 1.82) is 0 Å². The smallest absolute Gasteiger partial charge is 0.320 e. The van der Waals surface area contributed by atoms with Crippen molar-refractivity contribution in [1.82, 2.24) is 15.1 Å². The number of nitrogens with zero attached hydrogens (tertiary/aromatic N) is 3. The van der Waals surface area contributed by atoms with Crippen LogP contribution in [-0.4, -0.2) is 27.2 Å². The van der Waals surface area contributed by atoms with E-state index in [9.17, 15) is 14.9 Å². The Kier molecular flexibility index (Phi) is 3.85. The standard InChI is InChI=1S/C18H26N4O3/c1-11(2)9-19-17(23)16-15(22(24)25)10-21(20-16)18-6-12-3-13(7-18)5-14(4-12)8-18/h10-14H,3-9H2,1-2H3,(H,19,23). The van der Waals surface area contributed by atoms with Gasteiger partial charge >= 0.3 is 5.69 Å². The summed E-state index contributed by atoms with van der Waals surface area (Å²) in [5.74, 6) is 1.99. The highest BCUT2D eigenvalue weighted by molar-refractivity contribution is 5.96. The van der Waals surface area contributed by atoms with Gasteiger partial charge < -0.3 is 5.32 Å². The van der Waals surface area contributed by atoms with Crippen LogP contribution in [0, 0.1) is 33.8 Å². The number of carbonyl (C=O) groups excluding carboxylic acids is 1. The first kappa shape index (κ1) is 16.5. The maximum atomic E-state index is 12.4. The molecule has 7 nitrogen and oxygen atoms in total. The van der Waals surface area contributed by atoms with Gasteiger partial charge in [0.2, 0.25) is 5.69 Å². The van der Waals surface area contributed by atoms with Crippen LogP contribution < -0.4 is 5.32 Å². The minimum atomic E-state index is -0.478. The van der Waals surface area contributed by atoms with Gasteiger partial charge in [0.25, 0.3) is 5.91 Å². The number of nitro groups is 1. The number of hydrogen-bond donors (Lipinski definition) is 1. The molecule has 136 valence electrons. The second-order valence-corrected chi connectivity index (χ2v) is 8.81. The maximum absolute atomic E-state index is 12.4. The van der Waals surface area contributed by atoms with Crippen LogP contribution in [0.4, 0.5) is 5.69 Å². The zero-order valence-corrected chi connectivity index (χ0v) is 14.9. The molecule has 0 aromatic carbocycles. The monoisotopic (exact) mass is 346 g/mol. The molecular weight excluding hydrogens is 320 g/mol. The van der Waals surface area contributed by atoms with Crippen LogP contribution in [0.15, 0.2) is 6.20 Å². The van der Waals surface area contributed by atoms with Gasteiger partial charge in [0, 0.05) is 6.54 Å². The fraction of sp³-hybridized carbons (Fsp3) is 0.778. The number of rotatable bonds is 5. The second kappa shape index (κ2) is 5.81. The van der Waals surface area contributed by atoms with Crippen LogP contribution in [0.3, 0.4) is 0 Å². The third-order valence-electron chi connectivity index (χ3n) is 6.27. The van der Waals surface area contributed by atoms with Gasteiger partial charge in [0.05, 0.1) is 10.5 Å². The third kappa shape index (κ3) is 2.83. The quantitative estimate of drug-likeness (QED) is 0.655. The fourth-order valence-corrected chi connectivity index (χ4v) is 5.63. The molecular formula is C18H26N4O3. The van der Waals surface area contributed by atoms with Gasteiger partial charge in [-0.3, -0.25) is 19.6 Å². The summed E-state index contributed by atoms with van der Waals surface area (Å²) in [5.41, 5.74) is -0.325. The summed E-state index contributed by atoms with van der Waals surface area (Å²) >= 11 is 0. The Labute approximate surface area is 147 Å². The Bertz CT molecular complexity index is 674. The lowest BCUT2D eigenvalue weighted by atomic mass is 9.53. The van der Waals surface area contributed by atoms with Gasteiger partial charge in [-0.1, -0.05) is 13.8 Å². The van der Waals surface area contributed by atoms with Crippen LogP contribution in [0.5, 0.6) is 0 Å². The topological polar surface area (TPSA) is 90.1 Å². The van der Waals surface area contributed by atoms with Gasteiger partial charge in [0.15, 0.2) is 0 Å².